The zero-order valence-corrected chi connectivity index (χ0v) is 8.50. The van der Waals surface area contributed by atoms with Crippen LogP contribution in [0.5, 0.6) is 0 Å². The number of ether oxygens (including phenoxy) is 1. The van der Waals surface area contributed by atoms with E-state index in [-0.39, 0.29) is 11.7 Å². The third kappa shape index (κ3) is 3.23. The highest BCUT2D eigenvalue weighted by molar-refractivity contribution is 8.00. The molecule has 0 aliphatic rings. The molecule has 0 saturated carbocycles. The zero-order valence-electron chi connectivity index (χ0n) is 7.69. The van der Waals surface area contributed by atoms with Gasteiger partial charge in [0.1, 0.15) is 5.82 Å². The minimum absolute atomic E-state index is 0.255. The quantitative estimate of drug-likeness (QED) is 0.330. The van der Waals surface area contributed by atoms with E-state index in [1.165, 1.54) is 18.9 Å². The Labute approximate surface area is 86.0 Å². The average Bonchev–Trinajstić information content (AvgIpc) is 2.26. The van der Waals surface area contributed by atoms with E-state index in [4.69, 9.17) is 5.84 Å². The van der Waals surface area contributed by atoms with E-state index in [1.807, 2.05) is 0 Å². The SMILES string of the molecule is COC(=O)CSc1ccnc(NN)c1. The van der Waals surface area contributed by atoms with Gasteiger partial charge in [0.2, 0.25) is 0 Å². The van der Waals surface area contributed by atoms with E-state index >= 15 is 0 Å². The highest BCUT2D eigenvalue weighted by Crippen LogP contribution is 2.19. The Hall–Kier alpha value is -1.27. The number of pyridine rings is 1. The van der Waals surface area contributed by atoms with E-state index in [2.05, 4.69) is 15.1 Å². The van der Waals surface area contributed by atoms with Crippen LogP contribution in [-0.4, -0.2) is 23.8 Å². The summed E-state index contributed by atoms with van der Waals surface area (Å²) in [6.07, 6.45) is 1.62. The molecule has 0 radical (unpaired) electrons. The summed E-state index contributed by atoms with van der Waals surface area (Å²) in [5, 5.41) is 0. The zero-order chi connectivity index (χ0) is 10.4. The second kappa shape index (κ2) is 5.46. The molecular weight excluding hydrogens is 202 g/mol. The minimum Gasteiger partial charge on any atom is -0.468 e. The van der Waals surface area contributed by atoms with Crippen LogP contribution >= 0.6 is 11.8 Å². The lowest BCUT2D eigenvalue weighted by Crippen LogP contribution is -2.08. The number of nitrogens with zero attached hydrogens (tertiary/aromatic N) is 1. The molecule has 0 bridgehead atoms. The molecule has 0 unspecified atom stereocenters. The first-order valence-electron chi connectivity index (χ1n) is 3.88. The molecule has 0 fully saturated rings. The van der Waals surface area contributed by atoms with Gasteiger partial charge in [0.25, 0.3) is 0 Å². The Morgan fingerprint density at radius 3 is 3.21 bits per heavy atom. The lowest BCUT2D eigenvalue weighted by Gasteiger charge is -2.02. The maximum atomic E-state index is 10.8. The maximum Gasteiger partial charge on any atom is 0.315 e. The monoisotopic (exact) mass is 213 g/mol. The molecule has 14 heavy (non-hydrogen) atoms. The average molecular weight is 213 g/mol. The van der Waals surface area contributed by atoms with Gasteiger partial charge in [0, 0.05) is 11.1 Å². The lowest BCUT2D eigenvalue weighted by molar-refractivity contribution is -0.137. The van der Waals surface area contributed by atoms with E-state index in [1.54, 1.807) is 18.3 Å². The van der Waals surface area contributed by atoms with E-state index in [0.29, 0.717) is 5.82 Å². The van der Waals surface area contributed by atoms with Gasteiger partial charge < -0.3 is 10.2 Å². The van der Waals surface area contributed by atoms with Crippen molar-refractivity contribution in [2.24, 2.45) is 5.84 Å². The molecule has 1 aromatic heterocycles. The number of hydrazine groups is 1. The molecule has 0 aliphatic carbocycles. The fraction of sp³-hybridized carbons (Fsp3) is 0.250. The minimum atomic E-state index is -0.255. The maximum absolute atomic E-state index is 10.8. The normalized spacial score (nSPS) is 9.57. The Balaban J connectivity index is 2.54. The van der Waals surface area contributed by atoms with Crippen LogP contribution in [0.2, 0.25) is 0 Å². The predicted molar refractivity (Wildman–Crippen MR) is 54.8 cm³/mol. The summed E-state index contributed by atoms with van der Waals surface area (Å²) >= 11 is 1.37. The van der Waals surface area contributed by atoms with Crippen LogP contribution in [0, 0.1) is 0 Å². The molecule has 0 aliphatic heterocycles. The summed E-state index contributed by atoms with van der Waals surface area (Å²) in [5.41, 5.74) is 2.43. The Kier molecular flexibility index (Phi) is 4.21. The number of nitrogens with one attached hydrogen (secondary N) is 1. The fourth-order valence-corrected chi connectivity index (χ4v) is 1.54. The smallest absolute Gasteiger partial charge is 0.315 e. The van der Waals surface area contributed by atoms with Gasteiger partial charge in [-0.25, -0.2) is 10.8 Å². The summed E-state index contributed by atoms with van der Waals surface area (Å²) in [6.45, 7) is 0. The number of nitrogens with two attached hydrogens (primary N) is 1. The number of hydrogen-bond acceptors (Lipinski definition) is 6. The standard InChI is InChI=1S/C8H11N3O2S/c1-13-8(12)5-14-6-2-3-10-7(4-6)11-9/h2-4H,5,9H2,1H3,(H,10,11). The van der Waals surface area contributed by atoms with Crippen LogP contribution in [0.15, 0.2) is 23.2 Å². The van der Waals surface area contributed by atoms with Gasteiger partial charge in [-0.15, -0.1) is 11.8 Å². The number of nitrogen functional groups attached to an aromatic ring is 1. The Bertz CT molecular complexity index is 319. The third-order valence-corrected chi connectivity index (χ3v) is 2.43. The fourth-order valence-electron chi connectivity index (χ4n) is 0.781. The van der Waals surface area contributed by atoms with Crippen LogP contribution in [0.3, 0.4) is 0 Å². The molecule has 0 aromatic carbocycles. The summed E-state index contributed by atoms with van der Waals surface area (Å²) in [7, 11) is 1.36. The van der Waals surface area contributed by atoms with Gasteiger partial charge in [-0.2, -0.15) is 0 Å². The summed E-state index contributed by atoms with van der Waals surface area (Å²) in [5.74, 6) is 5.78. The number of rotatable bonds is 4. The van der Waals surface area contributed by atoms with Crippen LogP contribution in [0.1, 0.15) is 0 Å². The number of anilines is 1. The van der Waals surface area contributed by atoms with Crippen molar-refractivity contribution in [1.29, 1.82) is 0 Å². The number of thioether (sulfide) groups is 1. The van der Waals surface area contributed by atoms with Crippen LogP contribution < -0.4 is 11.3 Å². The molecule has 1 aromatic rings. The number of carbonyl (C=O) groups is 1. The second-order valence-electron chi connectivity index (χ2n) is 2.39. The van der Waals surface area contributed by atoms with Gasteiger partial charge in [-0.3, -0.25) is 4.79 Å². The first-order chi connectivity index (χ1) is 6.76. The number of methoxy groups -OCH3 is 1. The molecular formula is C8H11N3O2S. The van der Waals surface area contributed by atoms with Crippen molar-refractivity contribution in [3.05, 3.63) is 18.3 Å². The highest BCUT2D eigenvalue weighted by atomic mass is 32.2. The molecule has 5 nitrogen and oxygen atoms in total. The molecule has 0 atom stereocenters. The van der Waals surface area contributed by atoms with Crippen LogP contribution in [-0.2, 0) is 9.53 Å². The molecule has 0 saturated heterocycles. The van der Waals surface area contributed by atoms with Gasteiger partial charge in [-0.05, 0) is 12.1 Å². The van der Waals surface area contributed by atoms with Crippen molar-refractivity contribution in [2.75, 3.05) is 18.3 Å². The van der Waals surface area contributed by atoms with Gasteiger partial charge in [-0.1, -0.05) is 0 Å². The van der Waals surface area contributed by atoms with Crippen molar-refractivity contribution in [3.63, 3.8) is 0 Å². The Morgan fingerprint density at radius 2 is 2.57 bits per heavy atom. The first-order valence-corrected chi connectivity index (χ1v) is 4.87. The van der Waals surface area contributed by atoms with Crippen molar-refractivity contribution in [2.45, 2.75) is 4.90 Å². The molecule has 1 heterocycles. The number of esters is 1. The van der Waals surface area contributed by atoms with Gasteiger partial charge >= 0.3 is 5.97 Å². The topological polar surface area (TPSA) is 77.2 Å². The third-order valence-electron chi connectivity index (χ3n) is 1.46. The van der Waals surface area contributed by atoms with Crippen LogP contribution in [0.25, 0.3) is 0 Å². The summed E-state index contributed by atoms with van der Waals surface area (Å²) in [6, 6.07) is 3.56. The second-order valence-corrected chi connectivity index (χ2v) is 3.43. The molecule has 0 spiro atoms. The number of aromatic nitrogens is 1. The molecule has 3 N–H and O–H groups in total. The highest BCUT2D eigenvalue weighted by Gasteiger charge is 2.02. The molecule has 1 rings (SSSR count). The van der Waals surface area contributed by atoms with E-state index in [0.717, 1.165) is 4.90 Å². The number of hydrogen-bond donors (Lipinski definition) is 2. The van der Waals surface area contributed by atoms with Gasteiger partial charge in [0.05, 0.1) is 12.9 Å². The molecule has 76 valence electrons. The van der Waals surface area contributed by atoms with E-state index < -0.39 is 0 Å². The van der Waals surface area contributed by atoms with E-state index in [9.17, 15) is 4.79 Å². The van der Waals surface area contributed by atoms with Crippen molar-refractivity contribution >= 4 is 23.5 Å². The predicted octanol–water partition coefficient (Wildman–Crippen LogP) is 0.632. The largest absolute Gasteiger partial charge is 0.468 e. The van der Waals surface area contributed by atoms with Crippen molar-refractivity contribution < 1.29 is 9.53 Å². The van der Waals surface area contributed by atoms with Crippen molar-refractivity contribution in [1.82, 2.24) is 4.98 Å². The first kappa shape index (κ1) is 10.8. The number of carbonyl (C=O) groups excluding carboxylic acids is 1. The lowest BCUT2D eigenvalue weighted by atomic mass is 10.5. The summed E-state index contributed by atoms with van der Waals surface area (Å²) < 4.78 is 4.51. The molecule has 0 amide bonds. The Morgan fingerprint density at radius 1 is 1.79 bits per heavy atom. The van der Waals surface area contributed by atoms with Crippen LogP contribution in [0.4, 0.5) is 5.82 Å². The van der Waals surface area contributed by atoms with Crippen molar-refractivity contribution in [3.8, 4) is 0 Å². The molecule has 6 heteroatoms. The summed E-state index contributed by atoms with van der Waals surface area (Å²) in [4.78, 5) is 15.7. The van der Waals surface area contributed by atoms with Gasteiger partial charge in [0.15, 0.2) is 0 Å².